The van der Waals surface area contributed by atoms with Crippen LogP contribution in [0.1, 0.15) is 12.8 Å². The van der Waals surface area contributed by atoms with Crippen LogP contribution in [0.25, 0.3) is 21.8 Å². The van der Waals surface area contributed by atoms with E-state index >= 15 is 0 Å². The molecule has 1 amide bonds. The quantitative estimate of drug-likeness (QED) is 0.704. The Kier molecular flexibility index (Phi) is 4.19. The number of anilines is 1. The van der Waals surface area contributed by atoms with Gasteiger partial charge in [0.1, 0.15) is 5.01 Å². The number of rotatable bonds is 3. The number of carbonyl (C=O) groups excluding carboxylic acids is 1. The van der Waals surface area contributed by atoms with Gasteiger partial charge in [0.15, 0.2) is 6.23 Å². The zero-order chi connectivity index (χ0) is 19.1. The molecule has 5 rings (SSSR count). The van der Waals surface area contributed by atoms with E-state index in [2.05, 4.69) is 12.1 Å². The molecule has 28 heavy (non-hydrogen) atoms. The molecule has 0 fully saturated rings. The van der Waals surface area contributed by atoms with Crippen molar-refractivity contribution in [1.29, 1.82) is 0 Å². The third-order valence-electron chi connectivity index (χ3n) is 5.18. The van der Waals surface area contributed by atoms with Gasteiger partial charge in [0, 0.05) is 27.8 Å². The fraction of sp³-hybridized carbons (Fsp3) is 0.130. The van der Waals surface area contributed by atoms with Crippen LogP contribution in [-0.2, 0) is 4.79 Å². The largest absolute Gasteiger partial charge is 0.369 e. The van der Waals surface area contributed by atoms with Crippen LogP contribution < -0.4 is 4.90 Å². The van der Waals surface area contributed by atoms with Crippen molar-refractivity contribution >= 4 is 22.9 Å². The van der Waals surface area contributed by atoms with Gasteiger partial charge >= 0.3 is 0 Å². The van der Waals surface area contributed by atoms with Gasteiger partial charge in [0.25, 0.3) is 5.91 Å². The number of nitrogens with zero attached hydrogens (tertiary/aromatic N) is 2. The second kappa shape index (κ2) is 6.86. The molecular weight excluding hydrogens is 368 g/mol. The fourth-order valence-electron chi connectivity index (χ4n) is 3.73. The molecule has 2 heterocycles. The standard InChI is InChI=1S/C23H18N2O2S/c26-22-18-8-4-5-9-19(18)23(27)25(22)17-12-10-15(11-13-17)20-14-28-21(24-20)16-6-2-1-3-7-16/h1-4,6-8,10-14,23,27H,5,9H2. The fourth-order valence-corrected chi connectivity index (χ4v) is 4.56. The minimum atomic E-state index is -0.873. The summed E-state index contributed by atoms with van der Waals surface area (Å²) in [5.41, 5.74) is 5.15. The summed E-state index contributed by atoms with van der Waals surface area (Å²) in [6.07, 6.45) is 4.54. The van der Waals surface area contributed by atoms with E-state index in [1.807, 2.05) is 60.0 Å². The number of thiazole rings is 1. The summed E-state index contributed by atoms with van der Waals surface area (Å²) in [7, 11) is 0. The van der Waals surface area contributed by atoms with Crippen LogP contribution >= 0.6 is 11.3 Å². The van der Waals surface area contributed by atoms with Gasteiger partial charge in [-0.1, -0.05) is 54.6 Å². The molecule has 0 saturated carbocycles. The maximum atomic E-state index is 12.7. The molecule has 2 aliphatic rings. The molecule has 1 aliphatic heterocycles. The minimum absolute atomic E-state index is 0.133. The highest BCUT2D eigenvalue weighted by Crippen LogP contribution is 2.36. The third-order valence-corrected chi connectivity index (χ3v) is 6.07. The van der Waals surface area contributed by atoms with Gasteiger partial charge in [0.2, 0.25) is 0 Å². The number of carbonyl (C=O) groups is 1. The van der Waals surface area contributed by atoms with Crippen LogP contribution in [0, 0.1) is 0 Å². The first-order chi connectivity index (χ1) is 13.7. The molecule has 0 saturated heterocycles. The predicted octanol–water partition coefficient (Wildman–Crippen LogP) is 4.79. The van der Waals surface area contributed by atoms with E-state index in [0.29, 0.717) is 11.3 Å². The third kappa shape index (κ3) is 2.80. The number of hydrogen-bond donors (Lipinski definition) is 1. The summed E-state index contributed by atoms with van der Waals surface area (Å²) < 4.78 is 0. The first-order valence-electron chi connectivity index (χ1n) is 9.25. The van der Waals surface area contributed by atoms with Gasteiger partial charge in [-0.2, -0.15) is 0 Å². The number of benzene rings is 2. The summed E-state index contributed by atoms with van der Waals surface area (Å²) in [6, 6.07) is 17.8. The molecule has 1 aliphatic carbocycles. The first kappa shape index (κ1) is 17.1. The zero-order valence-corrected chi connectivity index (χ0v) is 15.9. The van der Waals surface area contributed by atoms with E-state index in [9.17, 15) is 9.90 Å². The molecule has 4 nitrogen and oxygen atoms in total. The topological polar surface area (TPSA) is 53.4 Å². The normalized spacial score (nSPS) is 18.7. The molecule has 3 aromatic rings. The van der Waals surface area contributed by atoms with Crippen LogP contribution in [0.5, 0.6) is 0 Å². The average molecular weight is 386 g/mol. The summed E-state index contributed by atoms with van der Waals surface area (Å²) in [4.78, 5) is 18.9. The lowest BCUT2D eigenvalue weighted by Crippen LogP contribution is -2.35. The highest BCUT2D eigenvalue weighted by molar-refractivity contribution is 7.13. The van der Waals surface area contributed by atoms with Gasteiger partial charge in [-0.25, -0.2) is 4.98 Å². The predicted molar refractivity (Wildman–Crippen MR) is 112 cm³/mol. The van der Waals surface area contributed by atoms with E-state index in [1.54, 1.807) is 11.3 Å². The van der Waals surface area contributed by atoms with Crippen molar-refractivity contribution in [3.05, 3.63) is 83.3 Å². The van der Waals surface area contributed by atoms with Gasteiger partial charge < -0.3 is 5.11 Å². The molecule has 1 unspecified atom stereocenters. The molecule has 0 radical (unpaired) electrons. The van der Waals surface area contributed by atoms with E-state index in [4.69, 9.17) is 4.98 Å². The molecule has 0 spiro atoms. The van der Waals surface area contributed by atoms with E-state index < -0.39 is 6.23 Å². The molecular formula is C23H18N2O2S. The van der Waals surface area contributed by atoms with Crippen LogP contribution in [0.15, 0.2) is 83.3 Å². The number of aromatic nitrogens is 1. The Morgan fingerprint density at radius 3 is 2.57 bits per heavy atom. The number of allylic oxidation sites excluding steroid dienone is 1. The van der Waals surface area contributed by atoms with Crippen molar-refractivity contribution < 1.29 is 9.90 Å². The van der Waals surface area contributed by atoms with Crippen molar-refractivity contribution in [2.45, 2.75) is 19.1 Å². The molecule has 1 N–H and O–H groups in total. The smallest absolute Gasteiger partial charge is 0.260 e. The Hall–Kier alpha value is -3.02. The van der Waals surface area contributed by atoms with E-state index in [-0.39, 0.29) is 5.91 Å². The van der Waals surface area contributed by atoms with Crippen LogP contribution in [0.2, 0.25) is 0 Å². The van der Waals surface area contributed by atoms with Crippen molar-refractivity contribution in [3.8, 4) is 21.8 Å². The number of aliphatic hydroxyl groups excluding tert-OH is 1. The monoisotopic (exact) mass is 386 g/mol. The number of aliphatic hydroxyl groups is 1. The number of hydrogen-bond acceptors (Lipinski definition) is 4. The highest BCUT2D eigenvalue weighted by Gasteiger charge is 2.38. The molecule has 0 bridgehead atoms. The molecule has 2 aromatic carbocycles. The Morgan fingerprint density at radius 2 is 1.82 bits per heavy atom. The van der Waals surface area contributed by atoms with Crippen molar-refractivity contribution in [1.82, 2.24) is 4.98 Å². The Balaban J connectivity index is 1.41. The highest BCUT2D eigenvalue weighted by atomic mass is 32.1. The van der Waals surface area contributed by atoms with Crippen LogP contribution in [-0.4, -0.2) is 22.2 Å². The van der Waals surface area contributed by atoms with Crippen molar-refractivity contribution in [2.24, 2.45) is 0 Å². The maximum absolute atomic E-state index is 12.7. The Bertz CT molecular complexity index is 1100. The van der Waals surface area contributed by atoms with Crippen LogP contribution in [0.3, 0.4) is 0 Å². The van der Waals surface area contributed by atoms with Crippen LogP contribution in [0.4, 0.5) is 5.69 Å². The lowest BCUT2D eigenvalue weighted by Gasteiger charge is -2.22. The van der Waals surface area contributed by atoms with E-state index in [1.165, 1.54) is 4.90 Å². The maximum Gasteiger partial charge on any atom is 0.260 e. The second-order valence-electron chi connectivity index (χ2n) is 6.88. The Labute approximate surface area is 167 Å². The average Bonchev–Trinajstić information content (AvgIpc) is 3.33. The molecule has 5 heteroatoms. The van der Waals surface area contributed by atoms with Gasteiger partial charge in [0.05, 0.1) is 5.69 Å². The lowest BCUT2D eigenvalue weighted by atomic mass is 9.99. The number of amides is 1. The molecule has 138 valence electrons. The molecule has 1 aromatic heterocycles. The minimum Gasteiger partial charge on any atom is -0.369 e. The first-order valence-corrected chi connectivity index (χ1v) is 10.1. The van der Waals surface area contributed by atoms with E-state index in [0.717, 1.165) is 40.2 Å². The lowest BCUT2D eigenvalue weighted by molar-refractivity contribution is -0.115. The molecule has 1 atom stereocenters. The van der Waals surface area contributed by atoms with Gasteiger partial charge in [-0.3, -0.25) is 9.69 Å². The summed E-state index contributed by atoms with van der Waals surface area (Å²) in [5, 5.41) is 13.6. The zero-order valence-electron chi connectivity index (χ0n) is 15.1. The summed E-state index contributed by atoms with van der Waals surface area (Å²) in [5.74, 6) is -0.133. The Morgan fingerprint density at radius 1 is 1.04 bits per heavy atom. The summed E-state index contributed by atoms with van der Waals surface area (Å²) >= 11 is 1.61. The second-order valence-corrected chi connectivity index (χ2v) is 7.74. The van der Waals surface area contributed by atoms with Gasteiger partial charge in [-0.05, 0) is 30.5 Å². The van der Waals surface area contributed by atoms with Crippen molar-refractivity contribution in [3.63, 3.8) is 0 Å². The van der Waals surface area contributed by atoms with Crippen molar-refractivity contribution in [2.75, 3.05) is 4.90 Å². The SMILES string of the molecule is O=C1C2=C(CCC=C2)C(O)N1c1ccc(-c2csc(-c3ccccc3)n2)cc1. The summed E-state index contributed by atoms with van der Waals surface area (Å²) in [6.45, 7) is 0. The van der Waals surface area contributed by atoms with Gasteiger partial charge in [-0.15, -0.1) is 11.3 Å².